The molecule has 0 bridgehead atoms. The van der Waals surface area contributed by atoms with Gasteiger partial charge in [0.1, 0.15) is 11.6 Å². The third-order valence-corrected chi connectivity index (χ3v) is 4.99. The smallest absolute Gasteiger partial charge is 0.224 e. The first-order valence-corrected chi connectivity index (χ1v) is 9.29. The number of ether oxygens (including phenoxy) is 1. The van der Waals surface area contributed by atoms with Crippen molar-refractivity contribution < 1.29 is 9.84 Å². The predicted molar refractivity (Wildman–Crippen MR) is 98.2 cm³/mol. The van der Waals surface area contributed by atoms with E-state index in [1.54, 1.807) is 0 Å². The van der Waals surface area contributed by atoms with Gasteiger partial charge < -0.3 is 24.6 Å². The van der Waals surface area contributed by atoms with Crippen molar-refractivity contribution in [3.63, 3.8) is 0 Å². The van der Waals surface area contributed by atoms with Crippen LogP contribution in [0.5, 0.6) is 0 Å². The SMILES string of the molecule is Cn1ccnc1CN(c1cc(C2CCOC2)nc(NCCO)n1)C1CC1. The molecule has 1 saturated heterocycles. The van der Waals surface area contributed by atoms with Crippen LogP contribution < -0.4 is 10.2 Å². The molecule has 2 N–H and O–H groups in total. The van der Waals surface area contributed by atoms with E-state index in [0.717, 1.165) is 36.9 Å². The van der Waals surface area contributed by atoms with Crippen LogP contribution in [0.25, 0.3) is 0 Å². The van der Waals surface area contributed by atoms with Crippen LogP contribution in [0.15, 0.2) is 18.5 Å². The summed E-state index contributed by atoms with van der Waals surface area (Å²) in [6, 6.07) is 2.60. The lowest BCUT2D eigenvalue weighted by Crippen LogP contribution is -2.28. The summed E-state index contributed by atoms with van der Waals surface area (Å²) < 4.78 is 7.59. The summed E-state index contributed by atoms with van der Waals surface area (Å²) in [5.41, 5.74) is 1.01. The number of aliphatic hydroxyl groups is 1. The summed E-state index contributed by atoms with van der Waals surface area (Å²) in [6.07, 6.45) is 7.13. The Bertz CT molecular complexity index is 739. The molecule has 2 fully saturated rings. The van der Waals surface area contributed by atoms with E-state index >= 15 is 0 Å². The Balaban J connectivity index is 1.65. The first-order valence-electron chi connectivity index (χ1n) is 9.29. The van der Waals surface area contributed by atoms with Crippen molar-refractivity contribution in [2.45, 2.75) is 37.8 Å². The van der Waals surface area contributed by atoms with Crippen LogP contribution in [0.4, 0.5) is 11.8 Å². The van der Waals surface area contributed by atoms with Crippen LogP contribution in [0.1, 0.15) is 36.7 Å². The van der Waals surface area contributed by atoms with Gasteiger partial charge in [0.05, 0.1) is 25.5 Å². The number of anilines is 2. The average Bonchev–Trinajstić information content (AvgIpc) is 3.17. The Labute approximate surface area is 153 Å². The van der Waals surface area contributed by atoms with Gasteiger partial charge >= 0.3 is 0 Å². The maximum absolute atomic E-state index is 9.13. The molecule has 0 radical (unpaired) electrons. The molecule has 26 heavy (non-hydrogen) atoms. The number of hydrogen-bond acceptors (Lipinski definition) is 7. The van der Waals surface area contributed by atoms with E-state index in [4.69, 9.17) is 14.8 Å². The van der Waals surface area contributed by atoms with E-state index in [0.29, 0.717) is 31.1 Å². The number of aliphatic hydroxyl groups excluding tert-OH is 1. The number of aryl methyl sites for hydroxylation is 1. The zero-order valence-corrected chi connectivity index (χ0v) is 15.1. The molecule has 1 atom stereocenters. The molecule has 1 saturated carbocycles. The lowest BCUT2D eigenvalue weighted by molar-refractivity contribution is 0.193. The molecule has 8 heteroatoms. The number of imidazole rings is 1. The van der Waals surface area contributed by atoms with Gasteiger partial charge in [-0.1, -0.05) is 0 Å². The molecule has 4 rings (SSSR count). The summed E-state index contributed by atoms with van der Waals surface area (Å²) in [6.45, 7) is 2.70. The zero-order valence-electron chi connectivity index (χ0n) is 15.1. The second-order valence-electron chi connectivity index (χ2n) is 7.00. The zero-order chi connectivity index (χ0) is 17.9. The first kappa shape index (κ1) is 17.2. The van der Waals surface area contributed by atoms with Crippen molar-refractivity contribution in [1.82, 2.24) is 19.5 Å². The van der Waals surface area contributed by atoms with Crippen LogP contribution in [-0.2, 0) is 18.3 Å². The molecule has 2 aromatic rings. The highest BCUT2D eigenvalue weighted by Gasteiger charge is 2.32. The van der Waals surface area contributed by atoms with Crippen molar-refractivity contribution in [3.8, 4) is 0 Å². The van der Waals surface area contributed by atoms with Gasteiger partial charge in [-0.25, -0.2) is 9.97 Å². The van der Waals surface area contributed by atoms with Gasteiger partial charge in [0.2, 0.25) is 5.95 Å². The van der Waals surface area contributed by atoms with E-state index in [2.05, 4.69) is 26.3 Å². The molecule has 0 spiro atoms. The largest absolute Gasteiger partial charge is 0.395 e. The van der Waals surface area contributed by atoms with Crippen LogP contribution >= 0.6 is 0 Å². The Hall–Kier alpha value is -2.19. The van der Waals surface area contributed by atoms with Crippen LogP contribution in [0.3, 0.4) is 0 Å². The van der Waals surface area contributed by atoms with E-state index in [-0.39, 0.29) is 6.61 Å². The summed E-state index contributed by atoms with van der Waals surface area (Å²) in [5.74, 6) is 2.82. The maximum Gasteiger partial charge on any atom is 0.224 e. The van der Waals surface area contributed by atoms with Gasteiger partial charge in [-0.05, 0) is 19.3 Å². The van der Waals surface area contributed by atoms with Crippen molar-refractivity contribution >= 4 is 11.8 Å². The molecule has 2 aromatic heterocycles. The summed E-state index contributed by atoms with van der Waals surface area (Å²) in [5, 5.41) is 12.2. The third kappa shape index (κ3) is 3.81. The second kappa shape index (κ2) is 7.59. The highest BCUT2D eigenvalue weighted by Crippen LogP contribution is 2.34. The molecule has 3 heterocycles. The Morgan fingerprint density at radius 1 is 1.35 bits per heavy atom. The lowest BCUT2D eigenvalue weighted by atomic mass is 10.0. The topological polar surface area (TPSA) is 88.3 Å². The molecular formula is C18H26N6O2. The molecular weight excluding hydrogens is 332 g/mol. The monoisotopic (exact) mass is 358 g/mol. The summed E-state index contributed by atoms with van der Waals surface area (Å²) >= 11 is 0. The minimum absolute atomic E-state index is 0.0507. The normalized spacial score (nSPS) is 19.7. The van der Waals surface area contributed by atoms with Gasteiger partial charge in [0, 0.05) is 50.6 Å². The summed E-state index contributed by atoms with van der Waals surface area (Å²) in [4.78, 5) is 16.2. The predicted octanol–water partition coefficient (Wildman–Crippen LogP) is 1.29. The maximum atomic E-state index is 9.13. The van der Waals surface area contributed by atoms with E-state index in [9.17, 15) is 0 Å². The molecule has 0 amide bonds. The molecule has 140 valence electrons. The minimum Gasteiger partial charge on any atom is -0.395 e. The molecule has 1 unspecified atom stereocenters. The standard InChI is InChI=1S/C18H26N6O2/c1-23-7-5-19-17(23)11-24(14-2-3-14)16-10-15(13-4-9-26-12-13)21-18(22-16)20-6-8-25/h5,7,10,13-14,25H,2-4,6,8-9,11-12H2,1H3,(H,20,21,22). The third-order valence-electron chi connectivity index (χ3n) is 4.99. The molecule has 1 aliphatic heterocycles. The van der Waals surface area contributed by atoms with Crippen molar-refractivity contribution in [1.29, 1.82) is 0 Å². The van der Waals surface area contributed by atoms with Crippen LogP contribution in [0.2, 0.25) is 0 Å². The number of nitrogens with one attached hydrogen (secondary N) is 1. The minimum atomic E-state index is 0.0507. The van der Waals surface area contributed by atoms with Crippen molar-refractivity contribution in [2.75, 3.05) is 36.6 Å². The molecule has 8 nitrogen and oxygen atoms in total. The van der Waals surface area contributed by atoms with Crippen LogP contribution in [-0.4, -0.2) is 57.0 Å². The fourth-order valence-corrected chi connectivity index (χ4v) is 3.31. The number of nitrogens with zero attached hydrogens (tertiary/aromatic N) is 5. The highest BCUT2D eigenvalue weighted by atomic mass is 16.5. The van der Waals surface area contributed by atoms with Gasteiger partial charge in [-0.3, -0.25) is 0 Å². The number of hydrogen-bond donors (Lipinski definition) is 2. The lowest BCUT2D eigenvalue weighted by Gasteiger charge is -2.25. The quantitative estimate of drug-likeness (QED) is 0.735. The van der Waals surface area contributed by atoms with E-state index in [1.165, 1.54) is 12.8 Å². The Morgan fingerprint density at radius 3 is 2.88 bits per heavy atom. The van der Waals surface area contributed by atoms with Crippen LogP contribution in [0, 0.1) is 0 Å². The van der Waals surface area contributed by atoms with Gasteiger partial charge in [0.25, 0.3) is 0 Å². The Morgan fingerprint density at radius 2 is 2.23 bits per heavy atom. The molecule has 1 aliphatic carbocycles. The number of aromatic nitrogens is 4. The summed E-state index contributed by atoms with van der Waals surface area (Å²) in [7, 11) is 2.02. The first-order chi connectivity index (χ1) is 12.7. The number of rotatable bonds is 8. The fraction of sp³-hybridized carbons (Fsp3) is 0.611. The fourth-order valence-electron chi connectivity index (χ4n) is 3.31. The van der Waals surface area contributed by atoms with Gasteiger partial charge in [0.15, 0.2) is 0 Å². The van der Waals surface area contributed by atoms with E-state index < -0.39 is 0 Å². The van der Waals surface area contributed by atoms with Crippen molar-refractivity contribution in [3.05, 3.63) is 30.0 Å². The molecule has 0 aromatic carbocycles. The second-order valence-corrected chi connectivity index (χ2v) is 7.00. The molecule has 2 aliphatic rings. The average molecular weight is 358 g/mol. The van der Waals surface area contributed by atoms with E-state index in [1.807, 2.05) is 24.0 Å². The van der Waals surface area contributed by atoms with Gasteiger partial charge in [-0.2, -0.15) is 4.98 Å². The highest BCUT2D eigenvalue weighted by molar-refractivity contribution is 5.48. The Kier molecular flexibility index (Phi) is 5.03. The van der Waals surface area contributed by atoms with Crippen molar-refractivity contribution in [2.24, 2.45) is 7.05 Å². The van der Waals surface area contributed by atoms with Gasteiger partial charge in [-0.15, -0.1) is 0 Å².